The van der Waals surface area contributed by atoms with Gasteiger partial charge in [0.25, 0.3) is 0 Å². The highest BCUT2D eigenvalue weighted by Crippen LogP contribution is 1.64. The highest BCUT2D eigenvalue weighted by atomic mass is 32.2. The monoisotopic (exact) mass is 170 g/mol. The van der Waals surface area contributed by atoms with Gasteiger partial charge >= 0.3 is 0 Å². The van der Waals surface area contributed by atoms with Gasteiger partial charge in [0.2, 0.25) is 0 Å². The van der Waals surface area contributed by atoms with E-state index in [4.69, 9.17) is 10.5 Å². The van der Waals surface area contributed by atoms with Crippen molar-refractivity contribution < 1.29 is 4.79 Å². The highest BCUT2D eigenvalue weighted by molar-refractivity contribution is 8.11. The molecule has 0 unspecified atom stereocenters. The van der Waals surface area contributed by atoms with Crippen molar-refractivity contribution in [2.24, 2.45) is 10.9 Å². The van der Waals surface area contributed by atoms with Crippen LogP contribution in [0.5, 0.6) is 0 Å². The van der Waals surface area contributed by atoms with E-state index >= 15 is 0 Å². The maximum atomic E-state index is 9.01. The van der Waals surface area contributed by atoms with Crippen molar-refractivity contribution in [3.8, 4) is 0 Å². The average Bonchev–Trinajstić information content (AvgIpc) is 1.65. The molecule has 8 heavy (non-hydrogen) atoms. The number of carbonyl (C=O) groups is 1. The minimum atomic E-state index is 0.194. The largest absolute Gasteiger partial charge is 0.385 e. The van der Waals surface area contributed by atoms with Crippen LogP contribution in [0.1, 0.15) is 0 Å². The second-order valence-electron chi connectivity index (χ2n) is 0.571. The number of thiol groups is 1. The standard InChI is InChI=1S/CH3NOS.CH3NS2/c2-4-1-3;2-1(3)4/h1H,2H2;(H3,2,3,4). The lowest BCUT2D eigenvalue weighted by Crippen LogP contribution is -1.94. The van der Waals surface area contributed by atoms with Crippen molar-refractivity contribution in [2.75, 3.05) is 0 Å². The van der Waals surface area contributed by atoms with Gasteiger partial charge in [-0.25, -0.2) is 0 Å². The molecule has 0 heterocycles. The van der Waals surface area contributed by atoms with Crippen LogP contribution < -0.4 is 10.9 Å². The molecule has 0 amide bonds. The molecule has 0 fully saturated rings. The fraction of sp³-hybridized carbons (Fsp3) is 0. The topological polar surface area (TPSA) is 69.1 Å². The maximum Gasteiger partial charge on any atom is 0.190 e. The van der Waals surface area contributed by atoms with Gasteiger partial charge in [0, 0.05) is 0 Å². The number of carbonyl (C=O) groups excluding carboxylic acids is 1. The van der Waals surface area contributed by atoms with Crippen LogP contribution >= 0.6 is 36.8 Å². The second-order valence-corrected chi connectivity index (χ2v) is 2.26. The van der Waals surface area contributed by atoms with Gasteiger partial charge in [-0.3, -0.25) is 9.93 Å². The Hall–Kier alpha value is 0.220. The minimum absolute atomic E-state index is 0.194. The summed E-state index contributed by atoms with van der Waals surface area (Å²) in [6.07, 6.45) is 0. The van der Waals surface area contributed by atoms with Crippen LogP contribution in [0.3, 0.4) is 0 Å². The first kappa shape index (κ1) is 11.1. The summed E-state index contributed by atoms with van der Waals surface area (Å²) >= 11 is 8.33. The zero-order chi connectivity index (χ0) is 6.99. The van der Waals surface area contributed by atoms with Crippen molar-refractivity contribution in [1.29, 1.82) is 0 Å². The summed E-state index contributed by atoms with van der Waals surface area (Å²) in [5, 5.41) is 4.58. The molecule has 0 aromatic rings. The molecule has 0 atom stereocenters. The van der Waals surface area contributed by atoms with Crippen LogP contribution in [0, 0.1) is 0 Å². The Labute approximate surface area is 62.7 Å². The summed E-state index contributed by atoms with van der Waals surface area (Å²) in [5.41, 5.74) is 5.28. The smallest absolute Gasteiger partial charge is 0.190 e. The summed E-state index contributed by atoms with van der Waals surface area (Å²) in [7, 11) is 0. The Balaban J connectivity index is 0. The van der Waals surface area contributed by atoms with Crippen LogP contribution in [-0.2, 0) is 4.79 Å². The molecule has 6 heteroatoms. The molecule has 0 bridgehead atoms. The number of hydrogen-bond donors (Lipinski definition) is 3. The van der Waals surface area contributed by atoms with E-state index in [1.807, 2.05) is 0 Å². The molecule has 48 valence electrons. The summed E-state index contributed by atoms with van der Waals surface area (Å²) in [6.45, 7) is 0. The van der Waals surface area contributed by atoms with Crippen molar-refractivity contribution in [3.63, 3.8) is 0 Å². The zero-order valence-corrected chi connectivity index (χ0v) is 6.43. The molecule has 0 aliphatic carbocycles. The third kappa shape index (κ3) is 114. The SMILES string of the molecule is NC(=S)S.NSC=O. The van der Waals surface area contributed by atoms with Crippen LogP contribution in [0.25, 0.3) is 0 Å². The second kappa shape index (κ2) is 10.3. The van der Waals surface area contributed by atoms with E-state index in [1.165, 1.54) is 0 Å². The zero-order valence-electron chi connectivity index (χ0n) is 3.90. The van der Waals surface area contributed by atoms with Gasteiger partial charge in [-0.1, -0.05) is 12.2 Å². The summed E-state index contributed by atoms with van der Waals surface area (Å²) < 4.78 is 0.194. The van der Waals surface area contributed by atoms with Gasteiger partial charge in [0.15, 0.2) is 5.62 Å². The quantitative estimate of drug-likeness (QED) is 0.223. The van der Waals surface area contributed by atoms with E-state index in [-0.39, 0.29) is 4.32 Å². The molecule has 0 spiro atoms. The number of thiocarbonyl (C=S) groups is 1. The van der Waals surface area contributed by atoms with Crippen molar-refractivity contribution in [2.45, 2.75) is 0 Å². The van der Waals surface area contributed by atoms with E-state index in [9.17, 15) is 0 Å². The fourth-order valence-corrected chi connectivity index (χ4v) is 0. The summed E-state index contributed by atoms with van der Waals surface area (Å²) in [4.78, 5) is 9.01. The lowest BCUT2D eigenvalue weighted by Gasteiger charge is -1.64. The Bertz CT molecular complexity index is 71.7. The van der Waals surface area contributed by atoms with E-state index in [2.05, 4.69) is 30.0 Å². The third-order valence-electron chi connectivity index (χ3n) is 0.0556. The molecule has 0 saturated carbocycles. The Morgan fingerprint density at radius 1 is 1.88 bits per heavy atom. The molecule has 4 N–H and O–H groups in total. The third-order valence-corrected chi connectivity index (χ3v) is 0.167. The molecule has 3 nitrogen and oxygen atoms in total. The van der Waals surface area contributed by atoms with Gasteiger partial charge in [0.05, 0.1) is 0 Å². The number of nitrogens with two attached hydrogens (primary N) is 2. The van der Waals surface area contributed by atoms with E-state index in [0.717, 1.165) is 0 Å². The molecule has 0 aliphatic rings. The summed E-state index contributed by atoms with van der Waals surface area (Å²) in [6, 6.07) is 0. The van der Waals surface area contributed by atoms with Gasteiger partial charge in [-0.2, -0.15) is 0 Å². The van der Waals surface area contributed by atoms with Crippen LogP contribution in [-0.4, -0.2) is 9.94 Å². The average molecular weight is 170 g/mol. The Kier molecular flexibility index (Phi) is 14.2. The van der Waals surface area contributed by atoms with E-state index < -0.39 is 0 Å². The Morgan fingerprint density at radius 2 is 2.00 bits per heavy atom. The molecule has 0 rings (SSSR count). The normalized spacial score (nSPS) is 6.25. The van der Waals surface area contributed by atoms with Gasteiger partial charge < -0.3 is 5.73 Å². The maximum absolute atomic E-state index is 9.01. The highest BCUT2D eigenvalue weighted by Gasteiger charge is 1.55. The van der Waals surface area contributed by atoms with Gasteiger partial charge in [-0.15, -0.1) is 12.6 Å². The van der Waals surface area contributed by atoms with Gasteiger partial charge in [-0.05, 0) is 11.9 Å². The molecular formula is C2H6N2OS3. The lowest BCUT2D eigenvalue weighted by atomic mass is 11.5. The molecule has 0 radical (unpaired) electrons. The van der Waals surface area contributed by atoms with Crippen molar-refractivity contribution in [1.82, 2.24) is 0 Å². The molecule has 0 aliphatic heterocycles. The number of hydrogen-bond acceptors (Lipinski definition) is 4. The van der Waals surface area contributed by atoms with Crippen LogP contribution in [0.4, 0.5) is 0 Å². The molecule has 0 aromatic heterocycles. The van der Waals surface area contributed by atoms with Crippen molar-refractivity contribution in [3.05, 3.63) is 0 Å². The van der Waals surface area contributed by atoms with E-state index in [0.29, 0.717) is 17.6 Å². The molecular weight excluding hydrogens is 164 g/mol. The predicted molar refractivity (Wildman–Crippen MR) is 44.3 cm³/mol. The first-order valence-corrected chi connectivity index (χ1v) is 3.22. The van der Waals surface area contributed by atoms with Gasteiger partial charge in [0.1, 0.15) is 4.32 Å². The van der Waals surface area contributed by atoms with E-state index in [1.54, 1.807) is 0 Å². The van der Waals surface area contributed by atoms with Crippen LogP contribution in [0.2, 0.25) is 0 Å². The molecule has 0 saturated heterocycles. The predicted octanol–water partition coefficient (Wildman–Crippen LogP) is -0.0567. The Morgan fingerprint density at radius 3 is 2.00 bits per heavy atom. The van der Waals surface area contributed by atoms with Crippen LogP contribution in [0.15, 0.2) is 0 Å². The van der Waals surface area contributed by atoms with Crippen molar-refractivity contribution >= 4 is 46.7 Å². The lowest BCUT2D eigenvalue weighted by molar-refractivity contribution is 0.570. The number of rotatable bonds is 1. The first-order chi connectivity index (χ1) is 3.65. The minimum Gasteiger partial charge on any atom is -0.385 e. The fourth-order valence-electron chi connectivity index (χ4n) is 0. The first-order valence-electron chi connectivity index (χ1n) is 1.42. The summed E-state index contributed by atoms with van der Waals surface area (Å²) in [5.74, 6) is 0. The molecule has 0 aromatic carbocycles.